The van der Waals surface area contributed by atoms with Crippen LogP contribution in [0, 0.1) is 0 Å². The molecule has 0 unspecified atom stereocenters. The van der Waals surface area contributed by atoms with Crippen LogP contribution < -0.4 is 5.73 Å². The van der Waals surface area contributed by atoms with Gasteiger partial charge in [-0.1, -0.05) is 36.8 Å². The van der Waals surface area contributed by atoms with Crippen LogP contribution in [0.15, 0.2) is 30.3 Å². The number of Topliss-reactive ketones (excluding diaryl/α,β-unsaturated/α-hetero) is 1. The lowest BCUT2D eigenvalue weighted by atomic mass is 9.76. The zero-order valence-electron chi connectivity index (χ0n) is 9.99. The first-order chi connectivity index (χ1) is 7.47. The van der Waals surface area contributed by atoms with Gasteiger partial charge in [-0.25, -0.2) is 0 Å². The van der Waals surface area contributed by atoms with E-state index >= 15 is 0 Å². The summed E-state index contributed by atoms with van der Waals surface area (Å²) in [5, 5.41) is 0. The summed E-state index contributed by atoms with van der Waals surface area (Å²) >= 11 is 0. The molecule has 0 amide bonds. The summed E-state index contributed by atoms with van der Waals surface area (Å²) in [6, 6.07) is 9.08. The molecule has 1 fully saturated rings. The monoisotopic (exact) mass is 191 g/mol. The van der Waals surface area contributed by atoms with E-state index in [9.17, 15) is 4.79 Å². The van der Waals surface area contributed by atoms with Gasteiger partial charge in [0.05, 0.1) is 0 Å². The van der Waals surface area contributed by atoms with Gasteiger partial charge in [0.2, 0.25) is 0 Å². The maximum atomic E-state index is 12.1. The molecule has 14 heavy (non-hydrogen) atoms. The number of hydrogen-bond acceptors (Lipinski definition) is 2. The molecular formula is C12H15NO. The van der Waals surface area contributed by atoms with Gasteiger partial charge in [-0.3, -0.25) is 4.79 Å². The fraction of sp³-hybridized carbons (Fsp3) is 0.417. The number of carbonyl (C=O) groups is 1. The Kier molecular flexibility index (Phi) is 1.82. The molecule has 2 rings (SSSR count). The Labute approximate surface area is 86.9 Å². The van der Waals surface area contributed by atoms with Crippen molar-refractivity contribution in [2.75, 3.05) is 0 Å². The van der Waals surface area contributed by atoms with E-state index in [1.807, 2.05) is 18.2 Å². The molecule has 0 saturated heterocycles. The van der Waals surface area contributed by atoms with Crippen molar-refractivity contribution in [1.29, 1.82) is 0 Å². The van der Waals surface area contributed by atoms with E-state index in [0.717, 1.165) is 0 Å². The van der Waals surface area contributed by atoms with E-state index in [4.69, 9.17) is 8.48 Å². The van der Waals surface area contributed by atoms with E-state index in [1.54, 1.807) is 12.1 Å². The van der Waals surface area contributed by atoms with Crippen LogP contribution in [0.5, 0.6) is 0 Å². The highest BCUT2D eigenvalue weighted by atomic mass is 16.1. The van der Waals surface area contributed by atoms with Crippen LogP contribution in [0.1, 0.15) is 33.9 Å². The Morgan fingerprint density at radius 1 is 1.29 bits per heavy atom. The van der Waals surface area contributed by atoms with Gasteiger partial charge in [0.1, 0.15) is 5.54 Å². The molecule has 0 spiro atoms. The molecule has 0 aliphatic heterocycles. The molecule has 1 saturated carbocycles. The molecule has 2 nitrogen and oxygen atoms in total. The lowest BCUT2D eigenvalue weighted by Gasteiger charge is -2.32. The summed E-state index contributed by atoms with van der Waals surface area (Å²) < 4.78 is 15.3. The molecule has 1 aliphatic carbocycles. The van der Waals surface area contributed by atoms with E-state index < -0.39 is 17.7 Å². The molecule has 1 atom stereocenters. The second kappa shape index (κ2) is 3.54. The minimum absolute atomic E-state index is 0.275. The SMILES string of the molecule is [2H]C1([2H])CCC[C@@](N)(c2ccccc2)C1=O. The van der Waals surface area contributed by atoms with Crippen molar-refractivity contribution in [3.63, 3.8) is 0 Å². The molecule has 1 aliphatic rings. The van der Waals surface area contributed by atoms with Gasteiger partial charge in [0, 0.05) is 9.11 Å². The minimum Gasteiger partial charge on any atom is -0.315 e. The largest absolute Gasteiger partial charge is 0.315 e. The molecule has 1 aromatic rings. The Bertz CT molecular complexity index is 405. The Balaban J connectivity index is 2.42. The Morgan fingerprint density at radius 3 is 2.71 bits per heavy atom. The number of ketones is 1. The van der Waals surface area contributed by atoms with Crippen LogP contribution in [0.25, 0.3) is 0 Å². The number of carbonyl (C=O) groups excluding carboxylic acids is 1. The highest BCUT2D eigenvalue weighted by Crippen LogP contribution is 2.31. The minimum atomic E-state index is -1.79. The van der Waals surface area contributed by atoms with Crippen LogP contribution in [0.2, 0.25) is 0 Å². The molecule has 0 bridgehead atoms. The van der Waals surface area contributed by atoms with Crippen molar-refractivity contribution in [1.82, 2.24) is 0 Å². The van der Waals surface area contributed by atoms with Crippen molar-refractivity contribution >= 4 is 5.78 Å². The van der Waals surface area contributed by atoms with Gasteiger partial charge < -0.3 is 5.73 Å². The van der Waals surface area contributed by atoms with Gasteiger partial charge in [-0.05, 0) is 18.4 Å². The van der Waals surface area contributed by atoms with E-state index in [0.29, 0.717) is 18.4 Å². The summed E-state index contributed by atoms with van der Waals surface area (Å²) in [5.41, 5.74) is 5.67. The van der Waals surface area contributed by atoms with Gasteiger partial charge in [-0.2, -0.15) is 0 Å². The average molecular weight is 191 g/mol. The summed E-state index contributed by atoms with van der Waals surface area (Å²) in [7, 11) is 0. The first-order valence-corrected chi connectivity index (χ1v) is 4.86. The third-order valence-electron chi connectivity index (χ3n) is 2.73. The topological polar surface area (TPSA) is 43.1 Å². The molecule has 0 radical (unpaired) electrons. The highest BCUT2D eigenvalue weighted by Gasteiger charge is 2.36. The fourth-order valence-electron chi connectivity index (χ4n) is 1.85. The summed E-state index contributed by atoms with van der Waals surface area (Å²) in [5.74, 6) is -0.488. The lowest BCUT2D eigenvalue weighted by Crippen LogP contribution is -2.46. The van der Waals surface area contributed by atoms with Crippen LogP contribution in [0.4, 0.5) is 0 Å². The van der Waals surface area contributed by atoms with E-state index in [1.165, 1.54) is 0 Å². The maximum absolute atomic E-state index is 12.1. The molecule has 1 aromatic carbocycles. The van der Waals surface area contributed by atoms with Gasteiger partial charge in [0.15, 0.2) is 5.78 Å². The third kappa shape index (κ3) is 1.46. The Morgan fingerprint density at radius 2 is 2.00 bits per heavy atom. The summed E-state index contributed by atoms with van der Waals surface area (Å²) in [6.07, 6.45) is -0.347. The predicted molar refractivity (Wildman–Crippen MR) is 55.8 cm³/mol. The molecular weight excluding hydrogens is 174 g/mol. The van der Waals surface area contributed by atoms with Crippen molar-refractivity contribution in [2.24, 2.45) is 5.73 Å². The molecule has 2 N–H and O–H groups in total. The molecule has 0 aromatic heterocycles. The van der Waals surface area contributed by atoms with E-state index in [-0.39, 0.29) is 6.42 Å². The molecule has 2 heteroatoms. The number of hydrogen-bond donors (Lipinski definition) is 1. The fourth-order valence-corrected chi connectivity index (χ4v) is 1.85. The van der Waals surface area contributed by atoms with Gasteiger partial charge in [0.25, 0.3) is 0 Å². The molecule has 74 valence electrons. The highest BCUT2D eigenvalue weighted by molar-refractivity contribution is 5.90. The lowest BCUT2D eigenvalue weighted by molar-refractivity contribution is -0.126. The first kappa shape index (κ1) is 7.18. The second-order valence-corrected chi connectivity index (χ2v) is 3.70. The maximum Gasteiger partial charge on any atom is 0.157 e. The predicted octanol–water partition coefficient (Wildman–Crippen LogP) is 1.98. The van der Waals surface area contributed by atoms with Crippen molar-refractivity contribution in [3.8, 4) is 0 Å². The Hall–Kier alpha value is -1.15. The van der Waals surface area contributed by atoms with Crippen LogP contribution >= 0.6 is 0 Å². The van der Waals surface area contributed by atoms with Crippen LogP contribution in [0.3, 0.4) is 0 Å². The second-order valence-electron chi connectivity index (χ2n) is 3.70. The van der Waals surface area contributed by atoms with Crippen molar-refractivity contribution in [3.05, 3.63) is 35.9 Å². The number of nitrogens with two attached hydrogens (primary N) is 1. The van der Waals surface area contributed by atoms with Crippen LogP contribution in [-0.2, 0) is 10.3 Å². The summed E-state index contributed by atoms with van der Waals surface area (Å²) in [6.45, 7) is 0. The zero-order chi connectivity index (χ0) is 11.8. The number of benzene rings is 1. The normalized spacial score (nSPS) is 33.4. The number of rotatable bonds is 1. The van der Waals surface area contributed by atoms with Crippen molar-refractivity contribution < 1.29 is 7.54 Å². The van der Waals surface area contributed by atoms with Crippen molar-refractivity contribution in [2.45, 2.75) is 31.2 Å². The van der Waals surface area contributed by atoms with Gasteiger partial charge in [-0.15, -0.1) is 0 Å². The smallest absolute Gasteiger partial charge is 0.157 e. The standard InChI is InChI=1S/C12H15NO/c13-12(9-5-4-8-11(12)14)10-6-2-1-3-7-10/h1-3,6-7H,4-5,8-9,13H2/t12-/m1/s1/i8D2. The average Bonchev–Trinajstić information content (AvgIpc) is 2.27. The zero-order valence-corrected chi connectivity index (χ0v) is 7.99. The third-order valence-corrected chi connectivity index (χ3v) is 2.73. The van der Waals surface area contributed by atoms with Gasteiger partial charge >= 0.3 is 0 Å². The first-order valence-electron chi connectivity index (χ1n) is 5.86. The summed E-state index contributed by atoms with van der Waals surface area (Å²) in [4.78, 5) is 12.1. The van der Waals surface area contributed by atoms with Crippen LogP contribution in [-0.4, -0.2) is 5.78 Å². The van der Waals surface area contributed by atoms with E-state index in [2.05, 4.69) is 0 Å². The molecule has 0 heterocycles. The quantitative estimate of drug-likeness (QED) is 0.737.